The summed E-state index contributed by atoms with van der Waals surface area (Å²) in [6.45, 7) is 0. The van der Waals surface area contributed by atoms with E-state index in [1.165, 1.54) is 19.3 Å². The average Bonchev–Trinajstić information content (AvgIpc) is 2.90. The number of tetrazole rings is 1. The molecule has 0 amide bonds. The molecule has 2 aliphatic rings. The molecular formula is C13H15N5. The van der Waals surface area contributed by atoms with Crippen LogP contribution in [-0.4, -0.2) is 20.2 Å². The monoisotopic (exact) mass is 241 g/mol. The molecule has 0 bridgehead atoms. The lowest BCUT2D eigenvalue weighted by Crippen LogP contribution is -2.46. The normalized spacial score (nSPS) is 20.0. The van der Waals surface area contributed by atoms with Gasteiger partial charge in [0.2, 0.25) is 0 Å². The van der Waals surface area contributed by atoms with Crippen LogP contribution < -0.4 is 5.32 Å². The molecule has 0 unspecified atom stereocenters. The average molecular weight is 241 g/mol. The molecule has 1 spiro atoms. The lowest BCUT2D eigenvalue weighted by molar-refractivity contribution is 0.205. The Morgan fingerprint density at radius 3 is 2.83 bits per heavy atom. The Balaban J connectivity index is 1.92. The standard InChI is InChI=1S/C13H15N5/c1-4-8-13(9-5-1)14-11-7-3-2-6-10(11)12-15-16-17-18(12)13/h2-3,6-7,14H,1,4-5,8-9H2. The third-order valence-electron chi connectivity index (χ3n) is 4.09. The largest absolute Gasteiger partial charge is 0.361 e. The molecule has 92 valence electrons. The van der Waals surface area contributed by atoms with Crippen molar-refractivity contribution in [1.29, 1.82) is 0 Å². The molecule has 1 aromatic carbocycles. The van der Waals surface area contributed by atoms with Crippen LogP contribution in [0.4, 0.5) is 5.69 Å². The summed E-state index contributed by atoms with van der Waals surface area (Å²) in [6.07, 6.45) is 5.96. The summed E-state index contributed by atoms with van der Waals surface area (Å²) < 4.78 is 1.99. The van der Waals surface area contributed by atoms with Crippen molar-refractivity contribution in [3.05, 3.63) is 24.3 Å². The maximum absolute atomic E-state index is 4.23. The number of hydrogen-bond donors (Lipinski definition) is 1. The first-order valence-corrected chi connectivity index (χ1v) is 6.56. The van der Waals surface area contributed by atoms with Crippen molar-refractivity contribution >= 4 is 5.69 Å². The number of para-hydroxylation sites is 1. The second-order valence-electron chi connectivity index (χ2n) is 5.18. The van der Waals surface area contributed by atoms with Crippen molar-refractivity contribution in [2.45, 2.75) is 37.8 Å². The number of nitrogens with zero attached hydrogens (tertiary/aromatic N) is 4. The maximum atomic E-state index is 4.23. The highest BCUT2D eigenvalue weighted by atomic mass is 15.6. The van der Waals surface area contributed by atoms with Crippen LogP contribution in [0.2, 0.25) is 0 Å². The van der Waals surface area contributed by atoms with E-state index in [-0.39, 0.29) is 5.66 Å². The summed E-state index contributed by atoms with van der Waals surface area (Å²) in [4.78, 5) is 0. The minimum absolute atomic E-state index is 0.106. The van der Waals surface area contributed by atoms with E-state index in [0.29, 0.717) is 0 Å². The van der Waals surface area contributed by atoms with Crippen molar-refractivity contribution in [3.63, 3.8) is 0 Å². The predicted octanol–water partition coefficient (Wildman–Crippen LogP) is 2.38. The first kappa shape index (κ1) is 10.1. The summed E-state index contributed by atoms with van der Waals surface area (Å²) in [6, 6.07) is 8.27. The first-order chi connectivity index (χ1) is 8.89. The summed E-state index contributed by atoms with van der Waals surface area (Å²) >= 11 is 0. The van der Waals surface area contributed by atoms with Gasteiger partial charge in [-0.3, -0.25) is 0 Å². The lowest BCUT2D eigenvalue weighted by Gasteiger charge is -2.42. The van der Waals surface area contributed by atoms with Gasteiger partial charge in [0.1, 0.15) is 5.66 Å². The molecule has 4 rings (SSSR count). The molecule has 0 saturated heterocycles. The Morgan fingerprint density at radius 1 is 1.11 bits per heavy atom. The number of rotatable bonds is 0. The number of anilines is 1. The number of nitrogens with one attached hydrogen (secondary N) is 1. The fourth-order valence-corrected chi connectivity index (χ4v) is 3.21. The highest BCUT2D eigenvalue weighted by molar-refractivity contribution is 5.76. The van der Waals surface area contributed by atoms with Crippen molar-refractivity contribution in [2.24, 2.45) is 0 Å². The lowest BCUT2D eigenvalue weighted by atomic mass is 9.87. The number of benzene rings is 1. The van der Waals surface area contributed by atoms with Crippen LogP contribution in [-0.2, 0) is 5.66 Å². The number of hydrogen-bond acceptors (Lipinski definition) is 4. The molecule has 1 aliphatic heterocycles. The van der Waals surface area contributed by atoms with Crippen LogP contribution in [0.15, 0.2) is 24.3 Å². The van der Waals surface area contributed by atoms with Gasteiger partial charge in [0.25, 0.3) is 0 Å². The van der Waals surface area contributed by atoms with Crippen molar-refractivity contribution in [3.8, 4) is 11.4 Å². The third kappa shape index (κ3) is 1.24. The second-order valence-corrected chi connectivity index (χ2v) is 5.18. The van der Waals surface area contributed by atoms with E-state index in [2.05, 4.69) is 39.0 Å². The zero-order chi connectivity index (χ0) is 12.0. The zero-order valence-electron chi connectivity index (χ0n) is 10.1. The Hall–Kier alpha value is -1.91. The van der Waals surface area contributed by atoms with Gasteiger partial charge in [-0.25, -0.2) is 0 Å². The van der Waals surface area contributed by atoms with Crippen molar-refractivity contribution < 1.29 is 0 Å². The zero-order valence-corrected chi connectivity index (χ0v) is 10.1. The van der Waals surface area contributed by atoms with E-state index in [1.807, 2.05) is 10.7 Å². The van der Waals surface area contributed by atoms with Gasteiger partial charge in [-0.2, -0.15) is 4.68 Å². The Morgan fingerprint density at radius 2 is 1.94 bits per heavy atom. The molecule has 5 nitrogen and oxygen atoms in total. The van der Waals surface area contributed by atoms with E-state index in [9.17, 15) is 0 Å². The number of fused-ring (bicyclic) bond motifs is 4. The van der Waals surface area contributed by atoms with Gasteiger partial charge in [0.05, 0.1) is 0 Å². The van der Waals surface area contributed by atoms with Crippen LogP contribution in [0.5, 0.6) is 0 Å². The van der Waals surface area contributed by atoms with Crippen LogP contribution in [0.1, 0.15) is 32.1 Å². The summed E-state index contributed by atoms with van der Waals surface area (Å²) in [5, 5.41) is 16.0. The van der Waals surface area contributed by atoms with Gasteiger partial charge in [-0.05, 0) is 48.2 Å². The van der Waals surface area contributed by atoms with E-state index < -0.39 is 0 Å². The molecule has 1 aliphatic carbocycles. The Kier molecular flexibility index (Phi) is 1.98. The smallest absolute Gasteiger partial charge is 0.186 e. The maximum Gasteiger partial charge on any atom is 0.186 e. The fourth-order valence-electron chi connectivity index (χ4n) is 3.21. The number of aromatic nitrogens is 4. The molecule has 18 heavy (non-hydrogen) atoms. The molecule has 2 aromatic rings. The highest BCUT2D eigenvalue weighted by Gasteiger charge is 2.41. The van der Waals surface area contributed by atoms with Gasteiger partial charge in [-0.1, -0.05) is 18.6 Å². The fraction of sp³-hybridized carbons (Fsp3) is 0.462. The summed E-state index contributed by atoms with van der Waals surface area (Å²) in [5.41, 5.74) is 2.14. The first-order valence-electron chi connectivity index (χ1n) is 6.56. The highest BCUT2D eigenvalue weighted by Crippen LogP contribution is 2.43. The van der Waals surface area contributed by atoms with Crippen LogP contribution in [0, 0.1) is 0 Å². The van der Waals surface area contributed by atoms with E-state index >= 15 is 0 Å². The summed E-state index contributed by atoms with van der Waals surface area (Å²) in [5.74, 6) is 0.895. The van der Waals surface area contributed by atoms with E-state index in [0.717, 1.165) is 29.9 Å². The van der Waals surface area contributed by atoms with E-state index in [1.54, 1.807) is 0 Å². The molecule has 2 heterocycles. The molecule has 1 saturated carbocycles. The van der Waals surface area contributed by atoms with Crippen LogP contribution >= 0.6 is 0 Å². The molecule has 0 atom stereocenters. The van der Waals surface area contributed by atoms with E-state index in [4.69, 9.17) is 0 Å². The molecular weight excluding hydrogens is 226 g/mol. The van der Waals surface area contributed by atoms with Gasteiger partial charge in [0, 0.05) is 11.3 Å². The summed E-state index contributed by atoms with van der Waals surface area (Å²) in [7, 11) is 0. The minimum atomic E-state index is -0.106. The van der Waals surface area contributed by atoms with Crippen molar-refractivity contribution in [2.75, 3.05) is 5.32 Å². The third-order valence-corrected chi connectivity index (χ3v) is 4.09. The molecule has 1 fully saturated rings. The van der Waals surface area contributed by atoms with Gasteiger partial charge >= 0.3 is 0 Å². The van der Waals surface area contributed by atoms with Crippen LogP contribution in [0.25, 0.3) is 11.4 Å². The van der Waals surface area contributed by atoms with Crippen molar-refractivity contribution in [1.82, 2.24) is 20.2 Å². The Labute approximate surface area is 105 Å². The molecule has 1 aromatic heterocycles. The van der Waals surface area contributed by atoms with Gasteiger partial charge in [0.15, 0.2) is 5.82 Å². The topological polar surface area (TPSA) is 55.6 Å². The molecule has 5 heteroatoms. The second kappa shape index (κ2) is 3.54. The SMILES string of the molecule is c1ccc2c(c1)NC1(CCCCC1)n1nnnc1-2. The molecule has 0 radical (unpaired) electrons. The predicted molar refractivity (Wildman–Crippen MR) is 67.9 cm³/mol. The Bertz CT molecular complexity index is 583. The van der Waals surface area contributed by atoms with Gasteiger partial charge < -0.3 is 5.32 Å². The van der Waals surface area contributed by atoms with Crippen LogP contribution in [0.3, 0.4) is 0 Å². The van der Waals surface area contributed by atoms with Gasteiger partial charge in [-0.15, -0.1) is 5.10 Å². The quantitative estimate of drug-likeness (QED) is 0.769. The molecule has 1 N–H and O–H groups in total. The minimum Gasteiger partial charge on any atom is -0.361 e.